The average Bonchev–Trinajstić information content (AvgIpc) is 3.08. The molecule has 1 aliphatic rings. The minimum Gasteiger partial charge on any atom is -0.322 e. The summed E-state index contributed by atoms with van der Waals surface area (Å²) >= 11 is 4.62. The zero-order valence-electron chi connectivity index (χ0n) is 12.6. The van der Waals surface area contributed by atoms with E-state index in [1.165, 1.54) is 15.6 Å². The Morgan fingerprint density at radius 1 is 1.25 bits per heavy atom. The molecule has 1 N–H and O–H groups in total. The maximum Gasteiger partial charge on any atom is 0.323 e. The largest absolute Gasteiger partial charge is 0.323 e. The van der Waals surface area contributed by atoms with Gasteiger partial charge in [0, 0.05) is 42.2 Å². The summed E-state index contributed by atoms with van der Waals surface area (Å²) in [5.74, 6) is 0. The number of carbonyl (C=O) groups excluding carboxylic acids is 1. The first-order valence-electron chi connectivity index (χ1n) is 7.18. The van der Waals surface area contributed by atoms with Crippen LogP contribution in [0.4, 0.5) is 9.93 Å². The van der Waals surface area contributed by atoms with E-state index in [0.29, 0.717) is 22.7 Å². The first-order chi connectivity index (χ1) is 11.5. The van der Waals surface area contributed by atoms with Gasteiger partial charge in [-0.1, -0.05) is 22.0 Å². The fourth-order valence-electron chi connectivity index (χ4n) is 2.36. The van der Waals surface area contributed by atoms with Gasteiger partial charge in [-0.15, -0.1) is 11.3 Å². The van der Waals surface area contributed by atoms with Gasteiger partial charge < -0.3 is 4.90 Å². The van der Waals surface area contributed by atoms with Crippen LogP contribution < -0.4 is 5.32 Å². The number of carbonyl (C=O) groups is 1. The highest BCUT2D eigenvalue weighted by atomic mass is 79.9. The number of nitrogens with zero attached hydrogens (tertiary/aromatic N) is 3. The van der Waals surface area contributed by atoms with E-state index >= 15 is 0 Å². The van der Waals surface area contributed by atoms with Gasteiger partial charge in [-0.25, -0.2) is 18.2 Å². The molecule has 0 spiro atoms. The van der Waals surface area contributed by atoms with Crippen molar-refractivity contribution in [2.75, 3.05) is 31.5 Å². The summed E-state index contributed by atoms with van der Waals surface area (Å²) in [5.41, 5.74) is 0. The van der Waals surface area contributed by atoms with E-state index in [1.807, 2.05) is 0 Å². The lowest BCUT2D eigenvalue weighted by molar-refractivity contribution is 0.184. The molecule has 2 heterocycles. The molecule has 1 aromatic heterocycles. The van der Waals surface area contributed by atoms with Crippen molar-refractivity contribution in [2.45, 2.75) is 4.90 Å². The Kier molecular flexibility index (Phi) is 5.18. The summed E-state index contributed by atoms with van der Waals surface area (Å²) in [6, 6.07) is 6.36. The summed E-state index contributed by atoms with van der Waals surface area (Å²) in [4.78, 5) is 18.0. The molecule has 0 saturated carbocycles. The van der Waals surface area contributed by atoms with Gasteiger partial charge in [0.05, 0.1) is 4.90 Å². The first kappa shape index (κ1) is 17.3. The number of amides is 2. The average molecular weight is 431 g/mol. The number of benzene rings is 1. The van der Waals surface area contributed by atoms with E-state index in [4.69, 9.17) is 0 Å². The number of halogens is 1. The zero-order valence-corrected chi connectivity index (χ0v) is 15.8. The Labute approximate surface area is 152 Å². The van der Waals surface area contributed by atoms with E-state index in [9.17, 15) is 13.2 Å². The van der Waals surface area contributed by atoms with Crippen molar-refractivity contribution in [3.63, 3.8) is 0 Å². The molecule has 128 valence electrons. The fourth-order valence-corrected chi connectivity index (χ4v) is 4.90. The molecule has 0 aliphatic carbocycles. The summed E-state index contributed by atoms with van der Waals surface area (Å²) in [6.07, 6.45) is 1.61. The number of anilines is 1. The molecule has 0 atom stereocenters. The highest BCUT2D eigenvalue weighted by molar-refractivity contribution is 9.10. The minimum atomic E-state index is -3.55. The van der Waals surface area contributed by atoms with Crippen LogP contribution in [-0.2, 0) is 10.0 Å². The summed E-state index contributed by atoms with van der Waals surface area (Å²) in [5, 5.41) is 5.01. The lowest BCUT2D eigenvalue weighted by Crippen LogP contribution is -2.51. The molecule has 1 aliphatic heterocycles. The second-order valence-electron chi connectivity index (χ2n) is 5.12. The molecular weight excluding hydrogens is 416 g/mol. The molecule has 3 rings (SSSR count). The van der Waals surface area contributed by atoms with Crippen LogP contribution in [0.15, 0.2) is 45.2 Å². The topological polar surface area (TPSA) is 82.6 Å². The van der Waals surface area contributed by atoms with Gasteiger partial charge in [0.1, 0.15) is 0 Å². The Balaban J connectivity index is 1.63. The molecule has 0 unspecified atom stereocenters. The molecule has 1 fully saturated rings. The van der Waals surface area contributed by atoms with Crippen molar-refractivity contribution in [1.82, 2.24) is 14.2 Å². The van der Waals surface area contributed by atoms with Crippen LogP contribution in [-0.4, -0.2) is 54.8 Å². The van der Waals surface area contributed by atoms with E-state index in [1.54, 1.807) is 40.7 Å². The monoisotopic (exact) mass is 430 g/mol. The summed E-state index contributed by atoms with van der Waals surface area (Å²) in [6.45, 7) is 1.20. The molecule has 0 radical (unpaired) electrons. The van der Waals surface area contributed by atoms with Crippen molar-refractivity contribution in [2.24, 2.45) is 0 Å². The fraction of sp³-hybridized carbons (Fsp3) is 0.286. The number of aromatic nitrogens is 1. The summed E-state index contributed by atoms with van der Waals surface area (Å²) < 4.78 is 27.4. The van der Waals surface area contributed by atoms with Crippen molar-refractivity contribution in [3.05, 3.63) is 40.3 Å². The van der Waals surface area contributed by atoms with Crippen LogP contribution in [0.2, 0.25) is 0 Å². The van der Waals surface area contributed by atoms with Gasteiger partial charge >= 0.3 is 6.03 Å². The number of nitrogens with one attached hydrogen (secondary N) is 1. The van der Waals surface area contributed by atoms with Crippen molar-refractivity contribution in [1.29, 1.82) is 0 Å². The molecule has 0 bridgehead atoms. The number of hydrogen-bond acceptors (Lipinski definition) is 5. The Morgan fingerprint density at radius 2 is 2.00 bits per heavy atom. The third kappa shape index (κ3) is 3.77. The summed E-state index contributed by atoms with van der Waals surface area (Å²) in [7, 11) is -3.55. The van der Waals surface area contributed by atoms with Crippen LogP contribution in [0.5, 0.6) is 0 Å². The second-order valence-corrected chi connectivity index (χ2v) is 8.86. The lowest BCUT2D eigenvalue weighted by Gasteiger charge is -2.33. The molecule has 1 saturated heterocycles. The highest BCUT2D eigenvalue weighted by Crippen LogP contribution is 2.21. The number of hydrogen-bond donors (Lipinski definition) is 1. The van der Waals surface area contributed by atoms with Gasteiger partial charge in [0.25, 0.3) is 0 Å². The number of thiazole rings is 1. The van der Waals surface area contributed by atoms with Gasteiger partial charge in [-0.05, 0) is 18.2 Å². The van der Waals surface area contributed by atoms with Crippen molar-refractivity contribution in [3.8, 4) is 0 Å². The zero-order chi connectivity index (χ0) is 17.2. The highest BCUT2D eigenvalue weighted by Gasteiger charge is 2.30. The van der Waals surface area contributed by atoms with Crippen LogP contribution in [0.1, 0.15) is 0 Å². The van der Waals surface area contributed by atoms with Crippen molar-refractivity contribution < 1.29 is 13.2 Å². The third-order valence-electron chi connectivity index (χ3n) is 3.61. The van der Waals surface area contributed by atoms with Crippen LogP contribution in [0, 0.1) is 0 Å². The van der Waals surface area contributed by atoms with E-state index < -0.39 is 10.0 Å². The second kappa shape index (κ2) is 7.18. The predicted octanol–water partition coefficient (Wildman–Crippen LogP) is 2.44. The molecule has 1 aromatic carbocycles. The van der Waals surface area contributed by atoms with Gasteiger partial charge in [-0.2, -0.15) is 4.31 Å². The van der Waals surface area contributed by atoms with Crippen LogP contribution >= 0.6 is 27.3 Å². The molecule has 7 nitrogen and oxygen atoms in total. The first-order valence-corrected chi connectivity index (χ1v) is 10.3. The Hall–Kier alpha value is -1.49. The Bertz CT molecular complexity index is 818. The number of urea groups is 1. The van der Waals surface area contributed by atoms with E-state index in [0.717, 1.165) is 0 Å². The maximum absolute atomic E-state index is 12.6. The van der Waals surface area contributed by atoms with Crippen LogP contribution in [0.3, 0.4) is 0 Å². The number of sulfonamides is 1. The molecule has 2 amide bonds. The van der Waals surface area contributed by atoms with Gasteiger partial charge in [0.15, 0.2) is 5.13 Å². The normalized spacial score (nSPS) is 16.1. The minimum absolute atomic E-state index is 0.248. The number of piperazine rings is 1. The predicted molar refractivity (Wildman–Crippen MR) is 95.6 cm³/mol. The standard InChI is InChI=1S/C14H15BrN4O3S2/c15-11-2-1-3-12(10-11)24(21,22)19-7-5-18(6-8-19)14(20)17-13-16-4-9-23-13/h1-4,9-10H,5-8H2,(H,16,17,20). The number of rotatable bonds is 3. The Morgan fingerprint density at radius 3 is 2.62 bits per heavy atom. The smallest absolute Gasteiger partial charge is 0.322 e. The molecular formula is C14H15BrN4O3S2. The maximum atomic E-state index is 12.6. The van der Waals surface area contributed by atoms with Crippen molar-refractivity contribution >= 4 is 48.5 Å². The molecule has 2 aromatic rings. The molecule has 10 heteroatoms. The molecule has 24 heavy (non-hydrogen) atoms. The van der Waals surface area contributed by atoms with Crippen LogP contribution in [0.25, 0.3) is 0 Å². The SMILES string of the molecule is O=C(Nc1nccs1)N1CCN(S(=O)(=O)c2cccc(Br)c2)CC1. The van der Waals surface area contributed by atoms with Gasteiger partial charge in [-0.3, -0.25) is 5.32 Å². The van der Waals surface area contributed by atoms with Gasteiger partial charge in [0.2, 0.25) is 10.0 Å². The van der Waals surface area contributed by atoms with E-state index in [2.05, 4.69) is 26.2 Å². The quantitative estimate of drug-likeness (QED) is 0.810. The van der Waals surface area contributed by atoms with E-state index in [-0.39, 0.29) is 24.0 Å². The lowest BCUT2D eigenvalue weighted by atomic mass is 10.4. The third-order valence-corrected chi connectivity index (χ3v) is 6.68.